The normalized spacial score (nSPS) is 18.0. The van der Waals surface area contributed by atoms with Crippen molar-refractivity contribution < 1.29 is 26.3 Å². The smallest absolute Gasteiger partial charge is 0.238 e. The van der Waals surface area contributed by atoms with E-state index < -0.39 is 35.7 Å². The molecule has 5 rings (SSSR count). The molecule has 0 aliphatic carbocycles. The molecule has 0 fully saturated rings. The summed E-state index contributed by atoms with van der Waals surface area (Å²) in [4.78, 5) is 12.2. The number of hydrogen-bond acceptors (Lipinski definition) is 5. The molecule has 0 saturated heterocycles. The summed E-state index contributed by atoms with van der Waals surface area (Å²) in [7, 11) is 0. The van der Waals surface area contributed by atoms with Crippen LogP contribution in [0.5, 0.6) is 0 Å². The molecule has 2 atom stereocenters. The number of rotatable bonds is 3. The fourth-order valence-corrected chi connectivity index (χ4v) is 4.43. The molecule has 37 heavy (non-hydrogen) atoms. The van der Waals surface area contributed by atoms with Gasteiger partial charge in [0, 0.05) is 11.8 Å². The molecule has 1 aliphatic rings. The predicted octanol–water partition coefficient (Wildman–Crippen LogP) is 6.68. The van der Waals surface area contributed by atoms with Gasteiger partial charge in [0.15, 0.2) is 17.3 Å². The summed E-state index contributed by atoms with van der Waals surface area (Å²) in [5.41, 5.74) is -1.58. The van der Waals surface area contributed by atoms with E-state index >= 15 is 0 Å². The van der Waals surface area contributed by atoms with Crippen LogP contribution in [0.15, 0.2) is 53.8 Å². The summed E-state index contributed by atoms with van der Waals surface area (Å²) in [5, 5.41) is 8.17. The quantitative estimate of drug-likeness (QED) is 0.262. The van der Waals surface area contributed by atoms with E-state index in [1.165, 1.54) is 18.2 Å². The second-order valence-electron chi connectivity index (χ2n) is 8.09. The molecule has 15 heteroatoms. The van der Waals surface area contributed by atoms with Crippen LogP contribution in [-0.2, 0) is 12.4 Å². The van der Waals surface area contributed by atoms with Crippen molar-refractivity contribution >= 4 is 34.7 Å². The van der Waals surface area contributed by atoms with Gasteiger partial charge in [0.25, 0.3) is 0 Å². The van der Waals surface area contributed by atoms with Crippen LogP contribution in [0.25, 0.3) is 5.82 Å². The fraction of sp³-hybridized carbons (Fsp3) is 0.227. The van der Waals surface area contributed by atoms with Gasteiger partial charge >= 0.3 is 12.4 Å². The molecule has 192 valence electrons. The predicted molar refractivity (Wildman–Crippen MR) is 121 cm³/mol. The first-order valence-corrected chi connectivity index (χ1v) is 11.2. The minimum Gasteiger partial charge on any atom is -0.238 e. The average Bonchev–Trinajstić information content (AvgIpc) is 3.46. The van der Waals surface area contributed by atoms with E-state index in [2.05, 4.69) is 25.2 Å². The first-order chi connectivity index (χ1) is 17.3. The number of hydrogen-bond donors (Lipinski definition) is 0. The van der Waals surface area contributed by atoms with Crippen LogP contribution in [-0.4, -0.2) is 35.2 Å². The van der Waals surface area contributed by atoms with Crippen LogP contribution in [0, 0.1) is 0 Å². The molecular weight excluding hydrogens is 547 g/mol. The highest BCUT2D eigenvalue weighted by Crippen LogP contribution is 2.44. The van der Waals surface area contributed by atoms with Crippen molar-refractivity contribution in [2.45, 2.75) is 31.2 Å². The standard InChI is InChI=1S/C22H13Cl2F6N7/c1-10-18(20-31-9-32-37(20)16-4-2-3-14(34-16)21(25,26)27)19(11-5-6-12(23)13(24)7-11)36-17(33-10)8-15(35-36)22(28,29)30/h2-9,18-19H,1H3/t18?,19-/m1/s1. The highest BCUT2D eigenvalue weighted by molar-refractivity contribution is 6.42. The van der Waals surface area contributed by atoms with Gasteiger partial charge in [-0.2, -0.15) is 41.2 Å². The Bertz CT molecular complexity index is 1520. The van der Waals surface area contributed by atoms with Crippen LogP contribution in [0.3, 0.4) is 0 Å². The van der Waals surface area contributed by atoms with Gasteiger partial charge in [-0.1, -0.05) is 35.3 Å². The zero-order valence-corrected chi connectivity index (χ0v) is 19.9. The largest absolute Gasteiger partial charge is 0.435 e. The molecule has 0 bridgehead atoms. The van der Waals surface area contributed by atoms with Crippen molar-refractivity contribution in [3.63, 3.8) is 0 Å². The molecule has 0 spiro atoms. The topological polar surface area (TPSA) is 73.8 Å². The lowest BCUT2D eigenvalue weighted by atomic mass is 9.87. The van der Waals surface area contributed by atoms with Crippen LogP contribution >= 0.6 is 23.2 Å². The number of pyridine rings is 1. The van der Waals surface area contributed by atoms with Crippen molar-refractivity contribution in [1.82, 2.24) is 29.5 Å². The van der Waals surface area contributed by atoms with Gasteiger partial charge in [-0.3, -0.25) is 0 Å². The average molecular weight is 560 g/mol. The highest BCUT2D eigenvalue weighted by atomic mass is 35.5. The van der Waals surface area contributed by atoms with Gasteiger partial charge in [-0.25, -0.2) is 19.6 Å². The van der Waals surface area contributed by atoms with E-state index in [-0.39, 0.29) is 27.5 Å². The molecule has 0 radical (unpaired) electrons. The van der Waals surface area contributed by atoms with Gasteiger partial charge < -0.3 is 0 Å². The molecule has 7 nitrogen and oxygen atoms in total. The van der Waals surface area contributed by atoms with Crippen molar-refractivity contribution in [3.8, 4) is 5.82 Å². The van der Waals surface area contributed by atoms with Crippen molar-refractivity contribution in [2.24, 2.45) is 4.99 Å². The third-order valence-electron chi connectivity index (χ3n) is 5.71. The number of halogens is 8. The maximum absolute atomic E-state index is 13.5. The van der Waals surface area contributed by atoms with Gasteiger partial charge in [-0.05, 0) is 36.8 Å². The van der Waals surface area contributed by atoms with E-state index in [1.54, 1.807) is 13.0 Å². The Kier molecular flexibility index (Phi) is 6.02. The van der Waals surface area contributed by atoms with Crippen LogP contribution in [0.2, 0.25) is 10.0 Å². The van der Waals surface area contributed by atoms with Crippen LogP contribution in [0.4, 0.5) is 32.2 Å². The Labute approximate surface area is 214 Å². The Hall–Kier alpha value is -3.45. The number of nitrogens with zero attached hydrogens (tertiary/aromatic N) is 7. The molecule has 1 aliphatic heterocycles. The van der Waals surface area contributed by atoms with Gasteiger partial charge in [0.05, 0.1) is 22.0 Å². The lowest BCUT2D eigenvalue weighted by molar-refractivity contribution is -0.142. The molecule has 4 heterocycles. The third kappa shape index (κ3) is 4.57. The maximum Gasteiger partial charge on any atom is 0.435 e. The number of alkyl halides is 6. The summed E-state index contributed by atoms with van der Waals surface area (Å²) in [6, 6.07) is 7.61. The monoisotopic (exact) mass is 559 g/mol. The zero-order chi connectivity index (χ0) is 26.7. The molecule has 0 saturated carbocycles. The second kappa shape index (κ2) is 8.84. The van der Waals surface area contributed by atoms with Crippen molar-refractivity contribution in [1.29, 1.82) is 0 Å². The summed E-state index contributed by atoms with van der Waals surface area (Å²) in [5.74, 6) is -1.09. The Balaban J connectivity index is 1.71. The number of benzene rings is 1. The van der Waals surface area contributed by atoms with Crippen molar-refractivity contribution in [3.05, 3.63) is 81.6 Å². The number of aliphatic imine (C=N–C) groups is 1. The van der Waals surface area contributed by atoms with Gasteiger partial charge in [-0.15, -0.1) is 0 Å². The van der Waals surface area contributed by atoms with Crippen LogP contribution in [0.1, 0.15) is 41.7 Å². The molecule has 0 amide bonds. The Morgan fingerprint density at radius 3 is 2.30 bits per heavy atom. The minimum absolute atomic E-state index is 0.0691. The summed E-state index contributed by atoms with van der Waals surface area (Å²) in [6.07, 6.45) is -8.34. The second-order valence-corrected chi connectivity index (χ2v) is 8.90. The molecule has 1 aromatic carbocycles. The molecule has 0 N–H and O–H groups in total. The Morgan fingerprint density at radius 1 is 0.892 bits per heavy atom. The van der Waals surface area contributed by atoms with Crippen molar-refractivity contribution in [2.75, 3.05) is 0 Å². The van der Waals surface area contributed by atoms with E-state index in [9.17, 15) is 26.3 Å². The molecule has 3 aromatic heterocycles. The van der Waals surface area contributed by atoms with E-state index in [1.807, 2.05) is 0 Å². The maximum atomic E-state index is 13.5. The Morgan fingerprint density at radius 2 is 1.62 bits per heavy atom. The third-order valence-corrected chi connectivity index (χ3v) is 6.45. The SMILES string of the molecule is CC1=Nc2cc(C(F)(F)F)nn2[C@H](c2ccc(Cl)c(Cl)c2)C1c1ncnn1-c1cccc(C(F)(F)F)n1. The first-order valence-electron chi connectivity index (χ1n) is 10.5. The van der Waals surface area contributed by atoms with E-state index in [0.29, 0.717) is 11.3 Å². The first kappa shape index (κ1) is 25.2. The summed E-state index contributed by atoms with van der Waals surface area (Å²) in [6.45, 7) is 1.57. The number of aromatic nitrogens is 6. The van der Waals surface area contributed by atoms with E-state index in [4.69, 9.17) is 23.2 Å². The molecular formula is C22H13Cl2F6N7. The minimum atomic E-state index is -4.74. The van der Waals surface area contributed by atoms with E-state index in [0.717, 1.165) is 33.9 Å². The fourth-order valence-electron chi connectivity index (χ4n) is 4.13. The highest BCUT2D eigenvalue weighted by Gasteiger charge is 2.42. The zero-order valence-electron chi connectivity index (χ0n) is 18.4. The lowest BCUT2D eigenvalue weighted by Gasteiger charge is -2.31. The lowest BCUT2D eigenvalue weighted by Crippen LogP contribution is -2.31. The molecule has 4 aromatic rings. The number of fused-ring (bicyclic) bond motifs is 1. The van der Waals surface area contributed by atoms with Gasteiger partial charge in [0.2, 0.25) is 0 Å². The van der Waals surface area contributed by atoms with Crippen LogP contribution < -0.4 is 0 Å². The molecule has 1 unspecified atom stereocenters. The summed E-state index contributed by atoms with van der Waals surface area (Å²) < 4.78 is 82.6. The van der Waals surface area contributed by atoms with Gasteiger partial charge in [0.1, 0.15) is 17.8 Å². The summed E-state index contributed by atoms with van der Waals surface area (Å²) >= 11 is 12.3.